The lowest BCUT2D eigenvalue weighted by atomic mass is 10.1. The fourth-order valence-electron chi connectivity index (χ4n) is 0.465. The molecule has 0 rings (SSSR count). The molecule has 0 spiro atoms. The average molecular weight is 142 g/mol. The van der Waals surface area contributed by atoms with Crippen LogP contribution in [0, 0.1) is 10.8 Å². The number of allylic oxidation sites excluding steroid dienone is 2. The molecule has 0 bridgehead atoms. The Kier molecular flexibility index (Phi) is 3.54. The summed E-state index contributed by atoms with van der Waals surface area (Å²) in [5, 5.41) is 14.1. The van der Waals surface area contributed by atoms with Crippen molar-refractivity contribution in [2.24, 2.45) is 0 Å². The van der Waals surface area contributed by atoms with Crippen LogP contribution in [0.2, 0.25) is 0 Å². The summed E-state index contributed by atoms with van der Waals surface area (Å²) >= 11 is 0. The number of rotatable bonds is 3. The molecule has 0 aromatic carbocycles. The molecular formula is C7H11FN2. The molecule has 0 radical (unpaired) electrons. The van der Waals surface area contributed by atoms with Crippen LogP contribution in [0.4, 0.5) is 4.39 Å². The zero-order chi connectivity index (χ0) is 8.15. The van der Waals surface area contributed by atoms with E-state index in [2.05, 4.69) is 0 Å². The van der Waals surface area contributed by atoms with Crippen molar-refractivity contribution < 1.29 is 4.39 Å². The topological polar surface area (TPSA) is 47.7 Å². The second-order valence-electron chi connectivity index (χ2n) is 1.84. The summed E-state index contributed by atoms with van der Waals surface area (Å²) in [6.07, 6.45) is 1.59. The van der Waals surface area contributed by atoms with E-state index in [9.17, 15) is 4.39 Å². The third kappa shape index (κ3) is 2.09. The van der Waals surface area contributed by atoms with Gasteiger partial charge in [0.15, 0.2) is 0 Å². The second-order valence-corrected chi connectivity index (χ2v) is 1.84. The van der Waals surface area contributed by atoms with Crippen LogP contribution in [0.5, 0.6) is 0 Å². The van der Waals surface area contributed by atoms with Gasteiger partial charge in [-0.1, -0.05) is 6.92 Å². The summed E-state index contributed by atoms with van der Waals surface area (Å²) in [6, 6.07) is 0. The van der Waals surface area contributed by atoms with Crippen LogP contribution in [-0.2, 0) is 0 Å². The van der Waals surface area contributed by atoms with Gasteiger partial charge in [-0.15, -0.1) is 0 Å². The molecule has 0 saturated heterocycles. The minimum atomic E-state index is -0.619. The van der Waals surface area contributed by atoms with Gasteiger partial charge in [-0.25, -0.2) is 4.39 Å². The largest absolute Gasteiger partial charge is 0.303 e. The van der Waals surface area contributed by atoms with E-state index >= 15 is 0 Å². The van der Waals surface area contributed by atoms with E-state index in [0.717, 1.165) is 0 Å². The van der Waals surface area contributed by atoms with Gasteiger partial charge in [0.25, 0.3) is 0 Å². The Balaban J connectivity index is 4.23. The summed E-state index contributed by atoms with van der Waals surface area (Å²) in [5.74, 6) is -0.619. The van der Waals surface area contributed by atoms with Crippen LogP contribution in [0.3, 0.4) is 0 Å². The Labute approximate surface area is 59.8 Å². The zero-order valence-electron chi connectivity index (χ0n) is 6.16. The first-order valence-electron chi connectivity index (χ1n) is 3.12. The third-order valence-electron chi connectivity index (χ3n) is 1.15. The maximum atomic E-state index is 12.5. The van der Waals surface area contributed by atoms with Gasteiger partial charge in [0.05, 0.1) is 5.71 Å². The van der Waals surface area contributed by atoms with Gasteiger partial charge in [-0.05, 0) is 19.4 Å². The highest BCUT2D eigenvalue weighted by atomic mass is 19.1. The van der Waals surface area contributed by atoms with Crippen molar-refractivity contribution in [2.45, 2.75) is 20.3 Å². The highest BCUT2D eigenvalue weighted by Crippen LogP contribution is 2.00. The molecule has 0 atom stereocenters. The fourth-order valence-corrected chi connectivity index (χ4v) is 0.465. The smallest absolute Gasteiger partial charge is 0.145 e. The molecule has 0 amide bonds. The quantitative estimate of drug-likeness (QED) is 0.568. The van der Waals surface area contributed by atoms with E-state index in [0.29, 0.717) is 6.42 Å². The predicted molar refractivity (Wildman–Crippen MR) is 40.6 cm³/mol. The molecule has 56 valence electrons. The van der Waals surface area contributed by atoms with Gasteiger partial charge in [0.2, 0.25) is 0 Å². The molecular weight excluding hydrogens is 131 g/mol. The number of hydrogen-bond acceptors (Lipinski definition) is 2. The molecule has 0 unspecified atom stereocenters. The van der Waals surface area contributed by atoms with Gasteiger partial charge in [-0.3, -0.25) is 5.41 Å². The lowest BCUT2D eigenvalue weighted by Crippen LogP contribution is -2.10. The molecule has 0 aliphatic carbocycles. The Bertz CT molecular complexity index is 182. The van der Waals surface area contributed by atoms with E-state index in [1.54, 1.807) is 6.92 Å². The Morgan fingerprint density at radius 1 is 1.50 bits per heavy atom. The van der Waals surface area contributed by atoms with Crippen molar-refractivity contribution in [1.29, 1.82) is 10.8 Å². The molecule has 2 nitrogen and oxygen atoms in total. The average Bonchev–Trinajstić information content (AvgIpc) is 2.00. The molecule has 0 aliphatic heterocycles. The standard InChI is InChI=1S/C7H11FN2/c1-3-5(8)7(10)6(9)4-2/h3,9-10H,4H2,1-2H3/b5-3+,9-6?,10-7?. The molecule has 0 aliphatic rings. The first kappa shape index (κ1) is 9.01. The van der Waals surface area contributed by atoms with Crippen molar-refractivity contribution >= 4 is 11.4 Å². The first-order valence-corrected chi connectivity index (χ1v) is 3.12. The Hall–Kier alpha value is -0.990. The van der Waals surface area contributed by atoms with Crippen LogP contribution in [-0.4, -0.2) is 11.4 Å². The summed E-state index contributed by atoms with van der Waals surface area (Å²) in [6.45, 7) is 3.23. The first-order chi connectivity index (χ1) is 4.63. The summed E-state index contributed by atoms with van der Waals surface area (Å²) in [7, 11) is 0. The molecule has 2 N–H and O–H groups in total. The molecule has 0 saturated carbocycles. The van der Waals surface area contributed by atoms with Crippen LogP contribution < -0.4 is 0 Å². The molecule has 0 aromatic heterocycles. The van der Waals surface area contributed by atoms with Gasteiger partial charge in [-0.2, -0.15) is 0 Å². The summed E-state index contributed by atoms with van der Waals surface area (Å²) in [5.41, 5.74) is -0.263. The van der Waals surface area contributed by atoms with Crippen molar-refractivity contribution in [3.63, 3.8) is 0 Å². The number of hydrogen-bond donors (Lipinski definition) is 2. The highest BCUT2D eigenvalue weighted by Gasteiger charge is 2.06. The van der Waals surface area contributed by atoms with Crippen molar-refractivity contribution in [2.75, 3.05) is 0 Å². The maximum Gasteiger partial charge on any atom is 0.145 e. The maximum absolute atomic E-state index is 12.5. The zero-order valence-corrected chi connectivity index (χ0v) is 6.16. The van der Waals surface area contributed by atoms with Crippen LogP contribution in [0.25, 0.3) is 0 Å². The van der Waals surface area contributed by atoms with Crippen molar-refractivity contribution in [3.8, 4) is 0 Å². The Morgan fingerprint density at radius 3 is 2.30 bits per heavy atom. The van der Waals surface area contributed by atoms with E-state index in [1.165, 1.54) is 13.0 Å². The summed E-state index contributed by atoms with van der Waals surface area (Å²) < 4.78 is 12.5. The van der Waals surface area contributed by atoms with E-state index < -0.39 is 5.83 Å². The van der Waals surface area contributed by atoms with Crippen molar-refractivity contribution in [1.82, 2.24) is 0 Å². The van der Waals surface area contributed by atoms with E-state index in [4.69, 9.17) is 10.8 Å². The monoisotopic (exact) mass is 142 g/mol. The third-order valence-corrected chi connectivity index (χ3v) is 1.15. The lowest BCUT2D eigenvalue weighted by molar-refractivity contribution is 0.680. The predicted octanol–water partition coefficient (Wildman–Crippen LogP) is 2.31. The minimum absolute atomic E-state index is 0.0376. The van der Waals surface area contributed by atoms with Crippen LogP contribution in [0.1, 0.15) is 20.3 Å². The number of halogens is 1. The van der Waals surface area contributed by atoms with Crippen molar-refractivity contribution in [3.05, 3.63) is 11.9 Å². The fraction of sp³-hybridized carbons (Fsp3) is 0.429. The minimum Gasteiger partial charge on any atom is -0.303 e. The lowest BCUT2D eigenvalue weighted by Gasteiger charge is -1.98. The van der Waals surface area contributed by atoms with Gasteiger partial charge < -0.3 is 5.41 Å². The van der Waals surface area contributed by atoms with E-state index in [-0.39, 0.29) is 11.4 Å². The normalized spacial score (nSPS) is 11.3. The number of nitrogens with one attached hydrogen (secondary N) is 2. The molecule has 10 heavy (non-hydrogen) atoms. The van der Waals surface area contributed by atoms with Crippen LogP contribution in [0.15, 0.2) is 11.9 Å². The highest BCUT2D eigenvalue weighted by molar-refractivity contribution is 6.45. The molecule has 0 fully saturated rings. The molecule has 0 aromatic rings. The van der Waals surface area contributed by atoms with Gasteiger partial charge in [0.1, 0.15) is 11.5 Å². The van der Waals surface area contributed by atoms with E-state index in [1.807, 2.05) is 0 Å². The van der Waals surface area contributed by atoms with Crippen LogP contribution >= 0.6 is 0 Å². The molecule has 0 heterocycles. The Morgan fingerprint density at radius 2 is 2.00 bits per heavy atom. The molecule has 3 heteroatoms. The second kappa shape index (κ2) is 3.93. The van der Waals surface area contributed by atoms with Gasteiger partial charge >= 0.3 is 0 Å². The van der Waals surface area contributed by atoms with Gasteiger partial charge in [0, 0.05) is 0 Å². The summed E-state index contributed by atoms with van der Waals surface area (Å²) in [4.78, 5) is 0. The SMILES string of the molecule is C/C=C(/F)C(=N)C(=N)CC.